The lowest BCUT2D eigenvalue weighted by Gasteiger charge is -2.33. The first-order valence-corrected chi connectivity index (χ1v) is 12.0. The van der Waals surface area contributed by atoms with Crippen molar-refractivity contribution in [2.75, 3.05) is 20.2 Å². The Kier molecular flexibility index (Phi) is 6.82. The maximum atomic E-state index is 14.5. The Bertz CT molecular complexity index is 1310. The van der Waals surface area contributed by atoms with Gasteiger partial charge in [0.05, 0.1) is 12.8 Å². The van der Waals surface area contributed by atoms with Crippen LogP contribution >= 0.6 is 0 Å². The van der Waals surface area contributed by atoms with Crippen LogP contribution in [-0.4, -0.2) is 40.1 Å². The second-order valence-corrected chi connectivity index (χ2v) is 9.07. The molecule has 0 bridgehead atoms. The van der Waals surface area contributed by atoms with Crippen LogP contribution in [0.1, 0.15) is 35.6 Å². The van der Waals surface area contributed by atoms with Gasteiger partial charge in [0.15, 0.2) is 5.82 Å². The van der Waals surface area contributed by atoms with Gasteiger partial charge < -0.3 is 4.74 Å². The number of ether oxygens (including phenoxy) is 1. The van der Waals surface area contributed by atoms with Crippen molar-refractivity contribution in [2.24, 2.45) is 0 Å². The maximum absolute atomic E-state index is 14.5. The summed E-state index contributed by atoms with van der Waals surface area (Å²) in [6.45, 7) is 4.40. The summed E-state index contributed by atoms with van der Waals surface area (Å²) >= 11 is 0. The number of likely N-dealkylation sites (tertiary alicyclic amines) is 1. The summed E-state index contributed by atoms with van der Waals surface area (Å²) in [4.78, 5) is 16.3. The SMILES string of the molecule is COc1ccc(F)c(CN2CCCC(c3nc(-c4ccncc4)ncc3-c3ccccc3C)C2)c1. The molecule has 5 nitrogen and oxygen atoms in total. The van der Waals surface area contributed by atoms with Gasteiger partial charge in [0.25, 0.3) is 0 Å². The quantitative estimate of drug-likeness (QED) is 0.345. The number of rotatable bonds is 6. The summed E-state index contributed by atoms with van der Waals surface area (Å²) in [6.07, 6.45) is 7.54. The van der Waals surface area contributed by atoms with Crippen LogP contribution < -0.4 is 4.74 Å². The zero-order chi connectivity index (χ0) is 24.2. The Morgan fingerprint density at radius 2 is 1.89 bits per heavy atom. The van der Waals surface area contributed by atoms with E-state index in [4.69, 9.17) is 14.7 Å². The number of hydrogen-bond acceptors (Lipinski definition) is 5. The zero-order valence-electron chi connectivity index (χ0n) is 20.1. The van der Waals surface area contributed by atoms with Gasteiger partial charge in [-0.15, -0.1) is 0 Å². The molecule has 3 heterocycles. The second kappa shape index (κ2) is 10.3. The molecular formula is C29H29FN4O. The summed E-state index contributed by atoms with van der Waals surface area (Å²) < 4.78 is 19.9. The maximum Gasteiger partial charge on any atom is 0.159 e. The molecule has 6 heteroatoms. The third-order valence-corrected chi connectivity index (χ3v) is 6.73. The van der Waals surface area contributed by atoms with Gasteiger partial charge in [-0.1, -0.05) is 24.3 Å². The summed E-state index contributed by atoms with van der Waals surface area (Å²) in [5.74, 6) is 1.40. The van der Waals surface area contributed by atoms with Crippen LogP contribution in [-0.2, 0) is 6.54 Å². The lowest BCUT2D eigenvalue weighted by molar-refractivity contribution is 0.196. The van der Waals surface area contributed by atoms with Crippen molar-refractivity contribution in [3.8, 4) is 28.3 Å². The number of pyridine rings is 1. The second-order valence-electron chi connectivity index (χ2n) is 9.07. The number of halogens is 1. The fourth-order valence-electron chi connectivity index (χ4n) is 4.89. The van der Waals surface area contributed by atoms with E-state index < -0.39 is 0 Å². The summed E-state index contributed by atoms with van der Waals surface area (Å²) in [5, 5.41) is 0. The molecule has 1 fully saturated rings. The van der Waals surface area contributed by atoms with Crippen molar-refractivity contribution < 1.29 is 9.13 Å². The number of piperidine rings is 1. The topological polar surface area (TPSA) is 51.1 Å². The van der Waals surface area contributed by atoms with Gasteiger partial charge >= 0.3 is 0 Å². The Morgan fingerprint density at radius 3 is 2.69 bits per heavy atom. The van der Waals surface area contributed by atoms with Gasteiger partial charge in [0.1, 0.15) is 11.6 Å². The van der Waals surface area contributed by atoms with Crippen LogP contribution in [0.4, 0.5) is 4.39 Å². The summed E-state index contributed by atoms with van der Waals surface area (Å²) in [7, 11) is 1.61. The molecule has 0 N–H and O–H groups in total. The third kappa shape index (κ3) is 5.08. The van der Waals surface area contributed by atoms with Crippen molar-refractivity contribution in [1.29, 1.82) is 0 Å². The van der Waals surface area contributed by atoms with Crippen molar-refractivity contribution in [3.05, 3.63) is 95.8 Å². The minimum atomic E-state index is -0.199. The predicted molar refractivity (Wildman–Crippen MR) is 136 cm³/mol. The molecule has 1 unspecified atom stereocenters. The summed E-state index contributed by atoms with van der Waals surface area (Å²) in [5.41, 5.74) is 6.07. The van der Waals surface area contributed by atoms with Crippen molar-refractivity contribution in [2.45, 2.75) is 32.2 Å². The molecule has 1 aliphatic heterocycles. The van der Waals surface area contributed by atoms with Crippen LogP contribution in [0.3, 0.4) is 0 Å². The van der Waals surface area contributed by atoms with Crippen LogP contribution in [0.25, 0.3) is 22.5 Å². The standard InChI is InChI=1S/C29H29FN4O/c1-20-6-3-4-8-25(20)26-17-32-29(21-11-13-31-14-12-21)33-28(26)22-7-5-15-34(18-22)19-23-16-24(35-2)9-10-27(23)30/h3-4,6,8-14,16-17,22H,5,7,15,18-19H2,1-2H3. The van der Waals surface area contributed by atoms with E-state index in [-0.39, 0.29) is 11.7 Å². The first-order valence-electron chi connectivity index (χ1n) is 12.0. The monoisotopic (exact) mass is 468 g/mol. The average molecular weight is 469 g/mol. The van der Waals surface area contributed by atoms with E-state index in [1.165, 1.54) is 11.6 Å². The van der Waals surface area contributed by atoms with E-state index in [1.54, 1.807) is 31.6 Å². The zero-order valence-corrected chi connectivity index (χ0v) is 20.1. The molecule has 1 atom stereocenters. The fraction of sp³-hybridized carbons (Fsp3) is 0.276. The Morgan fingerprint density at radius 1 is 1.06 bits per heavy atom. The van der Waals surface area contributed by atoms with Crippen LogP contribution in [0.5, 0.6) is 5.75 Å². The Hall–Kier alpha value is -3.64. The first-order chi connectivity index (χ1) is 17.1. The number of aromatic nitrogens is 3. The highest BCUT2D eigenvalue weighted by Crippen LogP contribution is 2.36. The largest absolute Gasteiger partial charge is 0.497 e. The van der Waals surface area contributed by atoms with Crippen LogP contribution in [0, 0.1) is 12.7 Å². The highest BCUT2D eigenvalue weighted by molar-refractivity contribution is 5.70. The fourth-order valence-corrected chi connectivity index (χ4v) is 4.89. The first kappa shape index (κ1) is 23.1. The predicted octanol–water partition coefficient (Wildman–Crippen LogP) is 6.04. The molecule has 178 valence electrons. The summed E-state index contributed by atoms with van der Waals surface area (Å²) in [6, 6.07) is 17.2. The van der Waals surface area contributed by atoms with Gasteiger partial charge in [0, 0.05) is 54.3 Å². The van der Waals surface area contributed by atoms with Crippen LogP contribution in [0.2, 0.25) is 0 Å². The molecule has 1 saturated heterocycles. The highest BCUT2D eigenvalue weighted by atomic mass is 19.1. The van der Waals surface area contributed by atoms with E-state index in [1.807, 2.05) is 18.3 Å². The van der Waals surface area contributed by atoms with Crippen molar-refractivity contribution in [3.63, 3.8) is 0 Å². The van der Waals surface area contributed by atoms with Gasteiger partial charge in [-0.05, 0) is 67.8 Å². The van der Waals surface area contributed by atoms with Gasteiger partial charge in [-0.3, -0.25) is 9.88 Å². The number of benzene rings is 2. The van der Waals surface area contributed by atoms with Gasteiger partial charge in [0.2, 0.25) is 0 Å². The minimum Gasteiger partial charge on any atom is -0.497 e. The molecule has 2 aromatic heterocycles. The van der Waals surface area contributed by atoms with E-state index in [0.717, 1.165) is 48.3 Å². The molecule has 2 aromatic carbocycles. The molecule has 0 radical (unpaired) electrons. The molecule has 1 aliphatic rings. The number of methoxy groups -OCH3 is 1. The van der Waals surface area contributed by atoms with Crippen molar-refractivity contribution >= 4 is 0 Å². The van der Waals surface area contributed by atoms with Crippen molar-refractivity contribution in [1.82, 2.24) is 19.9 Å². The Labute approximate surface area is 205 Å². The number of aryl methyl sites for hydroxylation is 1. The minimum absolute atomic E-state index is 0.199. The average Bonchev–Trinajstić information content (AvgIpc) is 2.91. The molecular weight excluding hydrogens is 439 g/mol. The number of nitrogens with zero attached hydrogens (tertiary/aromatic N) is 4. The van der Waals surface area contributed by atoms with E-state index in [2.05, 4.69) is 41.1 Å². The van der Waals surface area contributed by atoms with E-state index in [0.29, 0.717) is 23.7 Å². The normalized spacial score (nSPS) is 16.3. The highest BCUT2D eigenvalue weighted by Gasteiger charge is 2.27. The molecule has 5 rings (SSSR count). The molecule has 35 heavy (non-hydrogen) atoms. The molecule has 0 spiro atoms. The molecule has 0 saturated carbocycles. The smallest absolute Gasteiger partial charge is 0.159 e. The lowest BCUT2D eigenvalue weighted by atomic mass is 9.88. The third-order valence-electron chi connectivity index (χ3n) is 6.73. The van der Waals surface area contributed by atoms with Gasteiger partial charge in [-0.25, -0.2) is 14.4 Å². The van der Waals surface area contributed by atoms with Crippen LogP contribution in [0.15, 0.2) is 73.2 Å². The van der Waals surface area contributed by atoms with Gasteiger partial charge in [-0.2, -0.15) is 0 Å². The molecule has 0 amide bonds. The lowest BCUT2D eigenvalue weighted by Crippen LogP contribution is -2.34. The van der Waals surface area contributed by atoms with E-state index >= 15 is 0 Å². The molecule has 0 aliphatic carbocycles. The van der Waals surface area contributed by atoms with E-state index in [9.17, 15) is 4.39 Å². The molecule has 4 aromatic rings. The Balaban J connectivity index is 1.50. The number of hydrogen-bond donors (Lipinski definition) is 0.